The smallest absolute Gasteiger partial charge is 0.316 e. The highest BCUT2D eigenvalue weighted by Crippen LogP contribution is 2.40. The molecule has 0 radical (unpaired) electrons. The SMILES string of the molecule is F[C@H]1CN2CCC[C@@]2(COc2ncc3ccccc3n2)C1. The third kappa shape index (κ3) is 2.25. The van der Waals surface area contributed by atoms with E-state index in [0.29, 0.717) is 25.6 Å². The summed E-state index contributed by atoms with van der Waals surface area (Å²) in [5.74, 6) is 0. The van der Waals surface area contributed by atoms with Crippen molar-refractivity contribution >= 4 is 10.9 Å². The van der Waals surface area contributed by atoms with Gasteiger partial charge in [-0.2, -0.15) is 4.98 Å². The molecule has 0 unspecified atom stereocenters. The van der Waals surface area contributed by atoms with Crippen LogP contribution in [0.25, 0.3) is 10.9 Å². The van der Waals surface area contributed by atoms with Crippen LogP contribution in [0.15, 0.2) is 30.5 Å². The molecule has 5 heteroatoms. The van der Waals surface area contributed by atoms with Crippen molar-refractivity contribution in [3.05, 3.63) is 30.5 Å². The quantitative estimate of drug-likeness (QED) is 0.869. The summed E-state index contributed by atoms with van der Waals surface area (Å²) in [6, 6.07) is 8.21. The highest BCUT2D eigenvalue weighted by molar-refractivity contribution is 5.77. The van der Waals surface area contributed by atoms with E-state index in [-0.39, 0.29) is 5.54 Å². The molecule has 21 heavy (non-hydrogen) atoms. The van der Waals surface area contributed by atoms with E-state index in [1.807, 2.05) is 24.3 Å². The van der Waals surface area contributed by atoms with Crippen molar-refractivity contribution in [2.75, 3.05) is 19.7 Å². The van der Waals surface area contributed by atoms with Crippen molar-refractivity contribution in [2.45, 2.75) is 31.0 Å². The first kappa shape index (κ1) is 13.0. The van der Waals surface area contributed by atoms with E-state index in [0.717, 1.165) is 30.3 Å². The second-order valence-corrected chi connectivity index (χ2v) is 6.08. The minimum atomic E-state index is -0.730. The Balaban J connectivity index is 1.52. The summed E-state index contributed by atoms with van der Waals surface area (Å²) in [5.41, 5.74) is 0.729. The molecular weight excluding hydrogens is 269 g/mol. The summed E-state index contributed by atoms with van der Waals surface area (Å²) in [4.78, 5) is 10.9. The van der Waals surface area contributed by atoms with Gasteiger partial charge in [-0.05, 0) is 25.5 Å². The molecule has 0 spiro atoms. The second kappa shape index (κ2) is 4.91. The van der Waals surface area contributed by atoms with Gasteiger partial charge in [-0.25, -0.2) is 9.37 Å². The van der Waals surface area contributed by atoms with Crippen LogP contribution in [-0.4, -0.2) is 46.3 Å². The van der Waals surface area contributed by atoms with E-state index in [1.54, 1.807) is 6.20 Å². The van der Waals surface area contributed by atoms with Crippen LogP contribution in [0.2, 0.25) is 0 Å². The lowest BCUT2D eigenvalue weighted by atomic mass is 9.95. The van der Waals surface area contributed by atoms with Gasteiger partial charge in [0.05, 0.1) is 11.1 Å². The van der Waals surface area contributed by atoms with Crippen LogP contribution >= 0.6 is 0 Å². The average molecular weight is 287 g/mol. The Morgan fingerprint density at radius 2 is 2.29 bits per heavy atom. The number of nitrogens with zero attached hydrogens (tertiary/aromatic N) is 3. The maximum atomic E-state index is 13.7. The zero-order chi connectivity index (χ0) is 14.3. The first-order valence-corrected chi connectivity index (χ1v) is 7.49. The normalized spacial score (nSPS) is 28.9. The predicted molar refractivity (Wildman–Crippen MR) is 78.1 cm³/mol. The van der Waals surface area contributed by atoms with Crippen LogP contribution in [0.3, 0.4) is 0 Å². The summed E-state index contributed by atoms with van der Waals surface area (Å²) in [6.45, 7) is 2.00. The van der Waals surface area contributed by atoms with Gasteiger partial charge in [0.2, 0.25) is 0 Å². The molecule has 110 valence electrons. The van der Waals surface area contributed by atoms with Gasteiger partial charge in [0, 0.05) is 24.5 Å². The van der Waals surface area contributed by atoms with Gasteiger partial charge in [-0.3, -0.25) is 4.90 Å². The zero-order valence-electron chi connectivity index (χ0n) is 11.8. The molecule has 1 aromatic heterocycles. The zero-order valence-corrected chi connectivity index (χ0v) is 11.8. The molecule has 0 saturated carbocycles. The third-order valence-electron chi connectivity index (χ3n) is 4.70. The summed E-state index contributed by atoms with van der Waals surface area (Å²) < 4.78 is 19.5. The number of fused-ring (bicyclic) bond motifs is 2. The fourth-order valence-electron chi connectivity index (χ4n) is 3.67. The van der Waals surface area contributed by atoms with Crippen LogP contribution in [-0.2, 0) is 0 Å². The van der Waals surface area contributed by atoms with Crippen LogP contribution in [0.1, 0.15) is 19.3 Å². The standard InChI is InChI=1S/C16H18FN3O/c17-13-8-16(6-3-7-20(16)10-13)11-21-15-18-9-12-4-1-2-5-14(12)19-15/h1-2,4-5,9,13H,3,6-8,10-11H2/t13-,16+/m1/s1. The van der Waals surface area contributed by atoms with Gasteiger partial charge in [-0.15, -0.1) is 0 Å². The number of hydrogen-bond donors (Lipinski definition) is 0. The van der Waals surface area contributed by atoms with E-state index in [4.69, 9.17) is 4.74 Å². The number of aromatic nitrogens is 2. The molecule has 4 rings (SSSR count). The highest BCUT2D eigenvalue weighted by atomic mass is 19.1. The minimum Gasteiger partial charge on any atom is -0.461 e. The Kier molecular flexibility index (Phi) is 3.03. The molecule has 2 saturated heterocycles. The third-order valence-corrected chi connectivity index (χ3v) is 4.70. The molecule has 1 aromatic carbocycles. The monoisotopic (exact) mass is 287 g/mol. The Labute approximate surface area is 122 Å². The molecule has 2 aromatic rings. The lowest BCUT2D eigenvalue weighted by molar-refractivity contribution is 0.107. The van der Waals surface area contributed by atoms with Gasteiger partial charge < -0.3 is 4.74 Å². The van der Waals surface area contributed by atoms with Crippen molar-refractivity contribution < 1.29 is 9.13 Å². The van der Waals surface area contributed by atoms with Gasteiger partial charge in [0.1, 0.15) is 12.8 Å². The number of ether oxygens (including phenoxy) is 1. The van der Waals surface area contributed by atoms with Gasteiger partial charge in [0.25, 0.3) is 0 Å². The summed E-state index contributed by atoms with van der Waals surface area (Å²) >= 11 is 0. The number of alkyl halides is 1. The molecule has 3 heterocycles. The van der Waals surface area contributed by atoms with E-state index in [1.165, 1.54) is 0 Å². The second-order valence-electron chi connectivity index (χ2n) is 6.08. The molecule has 2 aliphatic heterocycles. The topological polar surface area (TPSA) is 38.2 Å². The van der Waals surface area contributed by atoms with E-state index >= 15 is 0 Å². The average Bonchev–Trinajstić information content (AvgIpc) is 3.01. The molecule has 0 N–H and O–H groups in total. The largest absolute Gasteiger partial charge is 0.461 e. The Hall–Kier alpha value is -1.75. The molecule has 2 aliphatic rings. The molecule has 0 aliphatic carbocycles. The first-order chi connectivity index (χ1) is 10.3. The van der Waals surface area contributed by atoms with Crippen molar-refractivity contribution in [2.24, 2.45) is 0 Å². The molecule has 2 atom stereocenters. The number of rotatable bonds is 3. The summed E-state index contributed by atoms with van der Waals surface area (Å²) in [6.07, 6.45) is 3.73. The maximum absolute atomic E-state index is 13.7. The predicted octanol–water partition coefficient (Wildman–Crippen LogP) is 2.59. The van der Waals surface area contributed by atoms with Gasteiger partial charge in [0.15, 0.2) is 0 Å². The fraction of sp³-hybridized carbons (Fsp3) is 0.500. The molecule has 0 amide bonds. The summed E-state index contributed by atoms with van der Waals surface area (Å²) in [7, 11) is 0. The van der Waals surface area contributed by atoms with Gasteiger partial charge >= 0.3 is 6.01 Å². The first-order valence-electron chi connectivity index (χ1n) is 7.49. The summed E-state index contributed by atoms with van der Waals surface area (Å²) in [5, 5.41) is 0.996. The molecule has 2 fully saturated rings. The number of benzene rings is 1. The van der Waals surface area contributed by atoms with Crippen LogP contribution < -0.4 is 4.74 Å². The van der Waals surface area contributed by atoms with E-state index < -0.39 is 6.17 Å². The Morgan fingerprint density at radius 3 is 3.24 bits per heavy atom. The molecule has 4 nitrogen and oxygen atoms in total. The maximum Gasteiger partial charge on any atom is 0.316 e. The number of hydrogen-bond acceptors (Lipinski definition) is 4. The lowest BCUT2D eigenvalue weighted by Gasteiger charge is -2.30. The Morgan fingerprint density at radius 1 is 1.38 bits per heavy atom. The van der Waals surface area contributed by atoms with Crippen LogP contribution in [0, 0.1) is 0 Å². The van der Waals surface area contributed by atoms with Gasteiger partial charge in [-0.1, -0.05) is 18.2 Å². The molecule has 0 bridgehead atoms. The van der Waals surface area contributed by atoms with E-state index in [9.17, 15) is 4.39 Å². The minimum absolute atomic E-state index is 0.144. The molecular formula is C16H18FN3O. The lowest BCUT2D eigenvalue weighted by Crippen LogP contribution is -2.43. The number of halogens is 1. The van der Waals surface area contributed by atoms with Crippen LogP contribution in [0.5, 0.6) is 6.01 Å². The Bertz CT molecular complexity index is 665. The van der Waals surface area contributed by atoms with Crippen molar-refractivity contribution in [3.8, 4) is 6.01 Å². The van der Waals surface area contributed by atoms with Crippen LogP contribution in [0.4, 0.5) is 4.39 Å². The highest BCUT2D eigenvalue weighted by Gasteiger charge is 2.49. The van der Waals surface area contributed by atoms with Crippen molar-refractivity contribution in [1.29, 1.82) is 0 Å². The van der Waals surface area contributed by atoms with Crippen molar-refractivity contribution in [3.63, 3.8) is 0 Å². The fourth-order valence-corrected chi connectivity index (χ4v) is 3.67. The number of para-hydroxylation sites is 1. The van der Waals surface area contributed by atoms with Crippen molar-refractivity contribution in [1.82, 2.24) is 14.9 Å². The van der Waals surface area contributed by atoms with E-state index in [2.05, 4.69) is 14.9 Å².